The summed E-state index contributed by atoms with van der Waals surface area (Å²) in [4.78, 5) is 5.44. The number of aryl methyl sites for hydroxylation is 1. The summed E-state index contributed by atoms with van der Waals surface area (Å²) in [5.74, 6) is 1.68. The SMILES string of the molecule is CCOc1cc(N)cc(Sc2nc(CC)ns2)c1. The highest BCUT2D eigenvalue weighted by Gasteiger charge is 2.06. The van der Waals surface area contributed by atoms with Gasteiger partial charge in [0, 0.05) is 23.1 Å². The van der Waals surface area contributed by atoms with Gasteiger partial charge in [0.05, 0.1) is 6.61 Å². The number of rotatable bonds is 5. The molecule has 2 N–H and O–H groups in total. The van der Waals surface area contributed by atoms with Gasteiger partial charge in [-0.1, -0.05) is 18.7 Å². The summed E-state index contributed by atoms with van der Waals surface area (Å²) in [5, 5.41) is 0. The fourth-order valence-corrected chi connectivity index (χ4v) is 3.20. The molecule has 0 unspecified atom stereocenters. The van der Waals surface area contributed by atoms with E-state index in [9.17, 15) is 0 Å². The van der Waals surface area contributed by atoms with Crippen LogP contribution in [0.15, 0.2) is 27.4 Å². The summed E-state index contributed by atoms with van der Waals surface area (Å²) < 4.78 is 10.7. The van der Waals surface area contributed by atoms with E-state index in [0.29, 0.717) is 12.3 Å². The molecule has 0 saturated heterocycles. The Hall–Kier alpha value is -1.27. The van der Waals surface area contributed by atoms with Crippen LogP contribution in [0, 0.1) is 0 Å². The van der Waals surface area contributed by atoms with Gasteiger partial charge in [-0.3, -0.25) is 0 Å². The van der Waals surface area contributed by atoms with Crippen LogP contribution < -0.4 is 10.5 Å². The number of anilines is 1. The smallest absolute Gasteiger partial charge is 0.174 e. The molecule has 2 rings (SSSR count). The van der Waals surface area contributed by atoms with Crippen molar-refractivity contribution >= 4 is 29.0 Å². The van der Waals surface area contributed by atoms with Gasteiger partial charge in [0.15, 0.2) is 4.34 Å². The van der Waals surface area contributed by atoms with Gasteiger partial charge in [-0.15, -0.1) is 0 Å². The zero-order chi connectivity index (χ0) is 13.0. The zero-order valence-corrected chi connectivity index (χ0v) is 12.0. The molecule has 0 saturated carbocycles. The third-order valence-electron chi connectivity index (χ3n) is 2.18. The second-order valence-electron chi connectivity index (χ2n) is 3.60. The maximum absolute atomic E-state index is 5.85. The molecule has 0 amide bonds. The van der Waals surface area contributed by atoms with Crippen molar-refractivity contribution in [2.24, 2.45) is 0 Å². The average molecular weight is 281 g/mol. The molecule has 1 aromatic heterocycles. The van der Waals surface area contributed by atoms with Crippen LogP contribution in [0.5, 0.6) is 5.75 Å². The van der Waals surface area contributed by atoms with Crippen LogP contribution in [-0.4, -0.2) is 16.0 Å². The maximum atomic E-state index is 5.85. The van der Waals surface area contributed by atoms with Crippen LogP contribution in [0.2, 0.25) is 0 Å². The molecule has 18 heavy (non-hydrogen) atoms. The predicted molar refractivity (Wildman–Crippen MR) is 75.4 cm³/mol. The van der Waals surface area contributed by atoms with Crippen LogP contribution in [0.25, 0.3) is 0 Å². The van der Waals surface area contributed by atoms with Crippen LogP contribution in [0.3, 0.4) is 0 Å². The van der Waals surface area contributed by atoms with E-state index in [-0.39, 0.29) is 0 Å². The Morgan fingerprint density at radius 1 is 1.33 bits per heavy atom. The van der Waals surface area contributed by atoms with Gasteiger partial charge in [-0.25, -0.2) is 4.98 Å². The lowest BCUT2D eigenvalue weighted by Crippen LogP contribution is -1.93. The molecule has 0 aliphatic carbocycles. The average Bonchev–Trinajstić information content (AvgIpc) is 2.76. The Morgan fingerprint density at radius 3 is 2.83 bits per heavy atom. The third kappa shape index (κ3) is 3.36. The minimum Gasteiger partial charge on any atom is -0.494 e. The highest BCUT2D eigenvalue weighted by atomic mass is 32.2. The summed E-state index contributed by atoms with van der Waals surface area (Å²) in [6, 6.07) is 5.71. The van der Waals surface area contributed by atoms with Crippen molar-refractivity contribution in [1.82, 2.24) is 9.36 Å². The Morgan fingerprint density at radius 2 is 2.17 bits per heavy atom. The Labute approximate surface area is 115 Å². The molecule has 2 aromatic rings. The van der Waals surface area contributed by atoms with Gasteiger partial charge < -0.3 is 10.5 Å². The van der Waals surface area contributed by atoms with Crippen LogP contribution in [0.4, 0.5) is 5.69 Å². The van der Waals surface area contributed by atoms with Crippen LogP contribution in [0.1, 0.15) is 19.7 Å². The Balaban J connectivity index is 2.17. The summed E-state index contributed by atoms with van der Waals surface area (Å²) in [6.45, 7) is 4.63. The van der Waals surface area contributed by atoms with Gasteiger partial charge >= 0.3 is 0 Å². The molecule has 0 bridgehead atoms. The van der Waals surface area contributed by atoms with Crippen molar-refractivity contribution in [2.45, 2.75) is 29.5 Å². The first kappa shape index (κ1) is 13.2. The number of nitrogens with two attached hydrogens (primary N) is 1. The van der Waals surface area contributed by atoms with Gasteiger partial charge in [0.2, 0.25) is 0 Å². The second kappa shape index (κ2) is 6.06. The molecule has 1 heterocycles. The molecule has 1 aromatic carbocycles. The number of aromatic nitrogens is 2. The molecule has 0 spiro atoms. The van der Waals surface area contributed by atoms with Crippen molar-refractivity contribution in [2.75, 3.05) is 12.3 Å². The van der Waals surface area contributed by atoms with Crippen LogP contribution >= 0.6 is 23.3 Å². The zero-order valence-electron chi connectivity index (χ0n) is 10.3. The van der Waals surface area contributed by atoms with Crippen molar-refractivity contribution in [3.05, 3.63) is 24.0 Å². The molecule has 6 heteroatoms. The molecule has 0 fully saturated rings. The van der Waals surface area contributed by atoms with E-state index < -0.39 is 0 Å². The Kier molecular flexibility index (Phi) is 4.43. The van der Waals surface area contributed by atoms with Gasteiger partial charge in [0.25, 0.3) is 0 Å². The monoisotopic (exact) mass is 281 g/mol. The number of benzene rings is 1. The predicted octanol–water partition coefficient (Wildman–Crippen LogP) is 3.23. The fourth-order valence-electron chi connectivity index (χ4n) is 1.43. The lowest BCUT2D eigenvalue weighted by Gasteiger charge is -2.06. The topological polar surface area (TPSA) is 61.0 Å². The first-order valence-corrected chi connectivity index (χ1v) is 7.34. The molecule has 0 atom stereocenters. The number of hydrogen-bond acceptors (Lipinski definition) is 6. The number of ether oxygens (including phenoxy) is 1. The van der Waals surface area contributed by atoms with Crippen molar-refractivity contribution in [3.8, 4) is 5.75 Å². The van der Waals surface area contributed by atoms with E-state index in [0.717, 1.165) is 27.2 Å². The first-order chi connectivity index (χ1) is 8.71. The molecule has 96 valence electrons. The third-order valence-corrected chi connectivity index (χ3v) is 3.94. The Bertz CT molecular complexity index is 528. The maximum Gasteiger partial charge on any atom is 0.174 e. The van der Waals surface area contributed by atoms with Gasteiger partial charge in [-0.2, -0.15) is 4.37 Å². The van der Waals surface area contributed by atoms with E-state index in [2.05, 4.69) is 9.36 Å². The standard InChI is InChI=1S/C12H15N3OS2/c1-3-11-14-12(18-15-11)17-10-6-8(13)5-9(7-10)16-4-2/h5-7H,3-4,13H2,1-2H3. The van der Waals surface area contributed by atoms with Crippen molar-refractivity contribution < 1.29 is 4.74 Å². The quantitative estimate of drug-likeness (QED) is 0.853. The van der Waals surface area contributed by atoms with E-state index in [1.54, 1.807) is 11.8 Å². The number of hydrogen-bond donors (Lipinski definition) is 1. The van der Waals surface area contributed by atoms with E-state index in [1.807, 2.05) is 32.0 Å². The van der Waals surface area contributed by atoms with E-state index in [1.165, 1.54) is 11.5 Å². The summed E-state index contributed by atoms with van der Waals surface area (Å²) >= 11 is 2.98. The largest absolute Gasteiger partial charge is 0.494 e. The minimum absolute atomic E-state index is 0.631. The lowest BCUT2D eigenvalue weighted by atomic mass is 10.3. The normalized spacial score (nSPS) is 10.6. The van der Waals surface area contributed by atoms with Crippen molar-refractivity contribution in [1.29, 1.82) is 0 Å². The fraction of sp³-hybridized carbons (Fsp3) is 0.333. The highest BCUT2D eigenvalue weighted by Crippen LogP contribution is 2.33. The summed E-state index contributed by atoms with van der Waals surface area (Å²) in [7, 11) is 0. The highest BCUT2D eigenvalue weighted by molar-refractivity contribution is 8.01. The first-order valence-electron chi connectivity index (χ1n) is 5.75. The minimum atomic E-state index is 0.631. The molecular weight excluding hydrogens is 266 g/mol. The number of nitrogen functional groups attached to an aromatic ring is 1. The second-order valence-corrected chi connectivity index (χ2v) is 5.68. The van der Waals surface area contributed by atoms with Gasteiger partial charge in [0.1, 0.15) is 11.6 Å². The van der Waals surface area contributed by atoms with E-state index >= 15 is 0 Å². The van der Waals surface area contributed by atoms with Gasteiger partial charge in [-0.05, 0) is 30.6 Å². The lowest BCUT2D eigenvalue weighted by molar-refractivity contribution is 0.339. The van der Waals surface area contributed by atoms with Crippen LogP contribution in [-0.2, 0) is 6.42 Å². The molecule has 4 nitrogen and oxygen atoms in total. The molecular formula is C12H15N3OS2. The number of nitrogens with zero attached hydrogens (tertiary/aromatic N) is 2. The summed E-state index contributed by atoms with van der Waals surface area (Å²) in [6.07, 6.45) is 0.859. The van der Waals surface area contributed by atoms with E-state index in [4.69, 9.17) is 10.5 Å². The van der Waals surface area contributed by atoms with Crippen molar-refractivity contribution in [3.63, 3.8) is 0 Å². The molecule has 0 aliphatic rings. The summed E-state index contributed by atoms with van der Waals surface area (Å²) in [5.41, 5.74) is 6.55. The molecule has 0 aliphatic heterocycles. The molecule has 0 radical (unpaired) electrons.